The van der Waals surface area contributed by atoms with Gasteiger partial charge in [0.15, 0.2) is 5.56 Å². The molecule has 0 aliphatic rings. The van der Waals surface area contributed by atoms with Gasteiger partial charge >= 0.3 is 0 Å². The molecule has 6 nitrogen and oxygen atoms in total. The maximum Gasteiger partial charge on any atom is 0.290 e. The Morgan fingerprint density at radius 1 is 1.55 bits per heavy atom. The highest BCUT2D eigenvalue weighted by atomic mass is 16.6. The fourth-order valence-corrected chi connectivity index (χ4v) is 1.88. The number of nitriles is 1. The third-order valence-corrected chi connectivity index (χ3v) is 3.16. The van der Waals surface area contributed by atoms with Gasteiger partial charge in [0.05, 0.1) is 11.5 Å². The lowest BCUT2D eigenvalue weighted by molar-refractivity contribution is -0.385. The molecule has 1 rings (SSSR count). The molecule has 0 saturated heterocycles. The molecule has 0 aromatic heterocycles. The van der Waals surface area contributed by atoms with Crippen molar-refractivity contribution >= 4 is 5.69 Å². The molecule has 1 atom stereocenters. The average molecular weight is 278 g/mol. The van der Waals surface area contributed by atoms with Crippen LogP contribution in [0.5, 0.6) is 5.75 Å². The summed E-state index contributed by atoms with van der Waals surface area (Å²) < 4.78 is 5.45. The number of nitro groups is 1. The van der Waals surface area contributed by atoms with E-state index in [-0.39, 0.29) is 29.5 Å². The molecule has 0 bridgehead atoms. The molecule has 0 amide bonds. The first-order chi connectivity index (χ1) is 9.63. The lowest BCUT2D eigenvalue weighted by Gasteiger charge is -2.12. The van der Waals surface area contributed by atoms with Crippen molar-refractivity contribution in [2.75, 3.05) is 13.2 Å². The van der Waals surface area contributed by atoms with Gasteiger partial charge in [-0.15, -0.1) is 0 Å². The van der Waals surface area contributed by atoms with E-state index in [0.29, 0.717) is 6.61 Å². The number of nitro benzene ring substituents is 1. The van der Waals surface area contributed by atoms with Gasteiger partial charge in [0, 0.05) is 12.7 Å². The van der Waals surface area contributed by atoms with E-state index in [1.807, 2.05) is 13.0 Å². The Morgan fingerprint density at radius 3 is 2.85 bits per heavy atom. The van der Waals surface area contributed by atoms with Crippen molar-refractivity contribution in [3.8, 4) is 11.8 Å². The van der Waals surface area contributed by atoms with Crippen LogP contribution in [-0.4, -0.2) is 23.2 Å². The largest absolute Gasteiger partial charge is 0.492 e. The van der Waals surface area contributed by atoms with Crippen molar-refractivity contribution in [3.63, 3.8) is 0 Å². The van der Waals surface area contributed by atoms with E-state index in [9.17, 15) is 10.1 Å². The van der Waals surface area contributed by atoms with Gasteiger partial charge < -0.3 is 9.84 Å². The van der Waals surface area contributed by atoms with Crippen molar-refractivity contribution in [1.82, 2.24) is 0 Å². The molecule has 1 N–H and O–H groups in total. The molecule has 108 valence electrons. The van der Waals surface area contributed by atoms with Crippen LogP contribution in [0, 0.1) is 27.4 Å². The first-order valence-corrected chi connectivity index (χ1v) is 6.55. The summed E-state index contributed by atoms with van der Waals surface area (Å²) in [7, 11) is 0. The number of benzene rings is 1. The highest BCUT2D eigenvalue weighted by Crippen LogP contribution is 2.27. The smallest absolute Gasteiger partial charge is 0.290 e. The Bertz CT molecular complexity index is 492. The minimum atomic E-state index is -0.593. The van der Waals surface area contributed by atoms with E-state index >= 15 is 0 Å². The Balaban J connectivity index is 2.63. The van der Waals surface area contributed by atoms with Crippen LogP contribution in [0.25, 0.3) is 0 Å². The molecular formula is C14H18N2O4. The Morgan fingerprint density at radius 2 is 2.30 bits per heavy atom. The molecular weight excluding hydrogens is 260 g/mol. The molecule has 0 saturated carbocycles. The molecule has 20 heavy (non-hydrogen) atoms. The first-order valence-electron chi connectivity index (χ1n) is 6.55. The van der Waals surface area contributed by atoms with Crippen molar-refractivity contribution < 1.29 is 14.8 Å². The van der Waals surface area contributed by atoms with Gasteiger partial charge in [0.2, 0.25) is 0 Å². The van der Waals surface area contributed by atoms with Crippen molar-refractivity contribution in [3.05, 3.63) is 33.9 Å². The normalized spacial score (nSPS) is 11.7. The second kappa shape index (κ2) is 8.12. The Labute approximate surface area is 117 Å². The molecule has 0 fully saturated rings. The molecule has 6 heteroatoms. The Kier molecular flexibility index (Phi) is 6.47. The number of rotatable bonds is 8. The van der Waals surface area contributed by atoms with Gasteiger partial charge in [0.1, 0.15) is 11.8 Å². The van der Waals surface area contributed by atoms with Crippen molar-refractivity contribution in [2.24, 2.45) is 5.92 Å². The topological polar surface area (TPSA) is 96.4 Å². The quantitative estimate of drug-likeness (QED) is 0.448. The number of hydrogen-bond acceptors (Lipinski definition) is 5. The van der Waals surface area contributed by atoms with E-state index < -0.39 is 4.92 Å². The second-order valence-electron chi connectivity index (χ2n) is 4.47. The zero-order chi connectivity index (χ0) is 15.0. The van der Waals surface area contributed by atoms with Crippen LogP contribution in [-0.2, 0) is 0 Å². The minimum absolute atomic E-state index is 0.0494. The highest BCUT2D eigenvalue weighted by molar-refractivity contribution is 5.56. The van der Waals surface area contributed by atoms with E-state index in [2.05, 4.69) is 0 Å². The summed E-state index contributed by atoms with van der Waals surface area (Å²) in [5.41, 5.74) is -0.293. The molecule has 0 aliphatic carbocycles. The molecule has 1 unspecified atom stereocenters. The SMILES string of the molecule is CCC(CO)CCCOc1cccc([N+](=O)[O-])c1C#N. The van der Waals surface area contributed by atoms with Crippen LogP contribution in [0.1, 0.15) is 31.7 Å². The number of ether oxygens (including phenoxy) is 1. The standard InChI is InChI=1S/C14H18N2O4/c1-2-11(10-17)5-4-8-20-14-7-3-6-13(16(18)19)12(14)9-15/h3,6-7,11,17H,2,4-5,8,10H2,1H3. The number of aliphatic hydroxyl groups is 1. The van der Waals surface area contributed by atoms with E-state index in [1.165, 1.54) is 12.1 Å². The highest BCUT2D eigenvalue weighted by Gasteiger charge is 2.18. The minimum Gasteiger partial charge on any atom is -0.492 e. The summed E-state index contributed by atoms with van der Waals surface area (Å²) in [6.45, 7) is 2.53. The molecule has 0 aliphatic heterocycles. The van der Waals surface area contributed by atoms with E-state index in [0.717, 1.165) is 19.3 Å². The van der Waals surface area contributed by atoms with Gasteiger partial charge in [-0.1, -0.05) is 19.4 Å². The number of hydrogen-bond donors (Lipinski definition) is 1. The van der Waals surface area contributed by atoms with Gasteiger partial charge in [-0.2, -0.15) is 5.26 Å². The summed E-state index contributed by atoms with van der Waals surface area (Å²) in [5.74, 6) is 0.484. The summed E-state index contributed by atoms with van der Waals surface area (Å²) in [5, 5.41) is 28.9. The zero-order valence-electron chi connectivity index (χ0n) is 11.4. The van der Waals surface area contributed by atoms with Crippen LogP contribution < -0.4 is 4.74 Å². The third-order valence-electron chi connectivity index (χ3n) is 3.16. The molecule has 0 heterocycles. The van der Waals surface area contributed by atoms with Crippen molar-refractivity contribution in [1.29, 1.82) is 5.26 Å². The average Bonchev–Trinajstić information content (AvgIpc) is 2.46. The van der Waals surface area contributed by atoms with Crippen LogP contribution in [0.15, 0.2) is 18.2 Å². The fourth-order valence-electron chi connectivity index (χ4n) is 1.88. The van der Waals surface area contributed by atoms with Crippen LogP contribution in [0.3, 0.4) is 0 Å². The Hall–Kier alpha value is -2.13. The summed E-state index contributed by atoms with van der Waals surface area (Å²) in [6, 6.07) is 6.14. The molecule has 0 radical (unpaired) electrons. The summed E-state index contributed by atoms with van der Waals surface area (Å²) in [4.78, 5) is 10.2. The van der Waals surface area contributed by atoms with Gasteiger partial charge in [-0.25, -0.2) is 0 Å². The predicted molar refractivity (Wildman–Crippen MR) is 73.4 cm³/mol. The van der Waals surface area contributed by atoms with E-state index in [4.69, 9.17) is 15.1 Å². The van der Waals surface area contributed by atoms with Gasteiger partial charge in [0.25, 0.3) is 5.69 Å². The van der Waals surface area contributed by atoms with Crippen LogP contribution in [0.4, 0.5) is 5.69 Å². The molecule has 1 aromatic carbocycles. The fraction of sp³-hybridized carbons (Fsp3) is 0.500. The van der Waals surface area contributed by atoms with Crippen LogP contribution >= 0.6 is 0 Å². The first kappa shape index (κ1) is 15.9. The molecule has 1 aromatic rings. The third kappa shape index (κ3) is 4.21. The van der Waals surface area contributed by atoms with Crippen LogP contribution in [0.2, 0.25) is 0 Å². The van der Waals surface area contributed by atoms with E-state index in [1.54, 1.807) is 6.07 Å². The van der Waals surface area contributed by atoms with Gasteiger partial charge in [-0.3, -0.25) is 10.1 Å². The summed E-state index contributed by atoms with van der Waals surface area (Å²) in [6.07, 6.45) is 2.45. The van der Waals surface area contributed by atoms with Crippen molar-refractivity contribution in [2.45, 2.75) is 26.2 Å². The maximum atomic E-state index is 10.8. The second-order valence-corrected chi connectivity index (χ2v) is 4.47. The lowest BCUT2D eigenvalue weighted by atomic mass is 10.0. The molecule has 0 spiro atoms. The lowest BCUT2D eigenvalue weighted by Crippen LogP contribution is -2.08. The number of nitrogens with zero attached hydrogens (tertiary/aromatic N) is 2. The van der Waals surface area contributed by atoms with Gasteiger partial charge in [-0.05, 0) is 24.8 Å². The predicted octanol–water partition coefficient (Wildman–Crippen LogP) is 2.64. The monoisotopic (exact) mass is 278 g/mol. The number of aliphatic hydroxyl groups excluding tert-OH is 1. The maximum absolute atomic E-state index is 10.8. The summed E-state index contributed by atoms with van der Waals surface area (Å²) >= 11 is 0. The zero-order valence-corrected chi connectivity index (χ0v) is 11.4.